The molecule has 0 unspecified atom stereocenters. The Morgan fingerprint density at radius 1 is 0.479 bits per heavy atom. The predicted molar refractivity (Wildman–Crippen MR) is 229 cm³/mol. The van der Waals surface area contributed by atoms with E-state index in [2.05, 4.69) is 10.0 Å². The summed E-state index contributed by atoms with van der Waals surface area (Å²) in [5, 5.41) is 3.52. The number of esters is 9. The van der Waals surface area contributed by atoms with Gasteiger partial charge in [0.05, 0.1) is 11.1 Å². The number of imide groups is 1. The van der Waals surface area contributed by atoms with Crippen molar-refractivity contribution in [3.63, 3.8) is 0 Å². The molecule has 0 spiro atoms. The number of carbonyl (C=O) groups excluding carboxylic acids is 11. The van der Waals surface area contributed by atoms with E-state index in [1.807, 2.05) is 0 Å². The standard InChI is InChI=1S/C44H52N4O25/c1-17(49)60-14-28-34(36(66-23(7)55)38(67-24(8)56)40(69-28)46-47-45)72-44-39(68-25(9)57)37(33(64-21(5)53)30(71-44)16-62-19(3)51)73-43-31(48-41(58)26-12-10-11-13-27(26)42(48)59)35(65-22(6)54)32(63-20(4)52)29(70-43)15-61-18(2)50/h10-13,28-40,43-44H,14-16H2,1-9H3/t28-,29-,30-,31-,32-,33+,34-,35-,36+,37+,38-,39-,40-,43+,44+/m1/s1. The van der Waals surface area contributed by atoms with Crippen LogP contribution in [0.1, 0.15) is 83.0 Å². The molecule has 0 radical (unpaired) electrons. The Morgan fingerprint density at radius 2 is 0.849 bits per heavy atom. The maximum atomic E-state index is 14.4. The van der Waals surface area contributed by atoms with Gasteiger partial charge in [0.1, 0.15) is 56.4 Å². The summed E-state index contributed by atoms with van der Waals surface area (Å²) < 4.78 is 81.2. The van der Waals surface area contributed by atoms with Gasteiger partial charge >= 0.3 is 53.7 Å². The maximum absolute atomic E-state index is 14.4. The lowest BCUT2D eigenvalue weighted by Gasteiger charge is -2.51. The predicted octanol–water partition coefficient (Wildman–Crippen LogP) is 0.186. The Bertz CT molecular complexity index is 2340. The second-order valence-corrected chi connectivity index (χ2v) is 16.4. The highest BCUT2D eigenvalue weighted by Crippen LogP contribution is 2.40. The quantitative estimate of drug-likeness (QED) is 0.0473. The van der Waals surface area contributed by atoms with E-state index in [1.54, 1.807) is 0 Å². The Balaban J connectivity index is 1.77. The molecule has 4 heterocycles. The Kier molecular flexibility index (Phi) is 19.3. The van der Waals surface area contributed by atoms with E-state index in [0.29, 0.717) is 4.90 Å². The minimum Gasteiger partial charge on any atom is -0.463 e. The van der Waals surface area contributed by atoms with E-state index < -0.39 is 177 Å². The molecule has 0 N–H and O–H groups in total. The molecular formula is C44H52N4O25. The zero-order valence-corrected chi connectivity index (χ0v) is 40.6. The van der Waals surface area contributed by atoms with Crippen molar-refractivity contribution in [2.24, 2.45) is 5.11 Å². The molecule has 1 aromatic rings. The zero-order valence-electron chi connectivity index (χ0n) is 40.6. The highest BCUT2D eigenvalue weighted by molar-refractivity contribution is 6.21. The van der Waals surface area contributed by atoms with Gasteiger partial charge in [0.15, 0.2) is 55.4 Å². The van der Waals surface area contributed by atoms with E-state index >= 15 is 0 Å². The van der Waals surface area contributed by atoms with E-state index in [4.69, 9.17) is 66.3 Å². The number of hydrogen-bond donors (Lipinski definition) is 0. The average molecular weight is 1040 g/mol. The van der Waals surface area contributed by atoms with Crippen LogP contribution in [0.4, 0.5) is 0 Å². The minimum atomic E-state index is -2.20. The van der Waals surface area contributed by atoms with Gasteiger partial charge in [-0.1, -0.05) is 17.2 Å². The molecule has 29 heteroatoms. The fourth-order valence-corrected chi connectivity index (χ4v) is 8.36. The van der Waals surface area contributed by atoms with Crippen molar-refractivity contribution in [3.8, 4) is 0 Å². The van der Waals surface area contributed by atoms with Crippen LogP contribution in [0.25, 0.3) is 10.4 Å². The van der Waals surface area contributed by atoms with Crippen LogP contribution in [0.2, 0.25) is 0 Å². The lowest BCUT2D eigenvalue weighted by Crippen LogP contribution is -2.70. The van der Waals surface area contributed by atoms with Crippen molar-refractivity contribution in [1.29, 1.82) is 0 Å². The van der Waals surface area contributed by atoms with Gasteiger partial charge in [-0.3, -0.25) is 57.6 Å². The Morgan fingerprint density at radius 3 is 1.29 bits per heavy atom. The van der Waals surface area contributed by atoms with Crippen LogP contribution in [0.3, 0.4) is 0 Å². The fraction of sp³-hybridized carbons (Fsp3) is 0.614. The van der Waals surface area contributed by atoms with Gasteiger partial charge in [0.2, 0.25) is 0 Å². The van der Waals surface area contributed by atoms with Crippen molar-refractivity contribution >= 4 is 65.5 Å². The number of hydrogen-bond acceptors (Lipinski definition) is 26. The number of carbonyl (C=O) groups is 11. The molecule has 398 valence electrons. The normalized spacial score (nSPS) is 30.5. The number of amides is 2. The molecular weight excluding hydrogens is 984 g/mol. The molecule has 0 bridgehead atoms. The van der Waals surface area contributed by atoms with Gasteiger partial charge in [-0.15, -0.1) is 0 Å². The molecule has 5 rings (SSSR count). The third-order valence-electron chi connectivity index (χ3n) is 10.9. The van der Waals surface area contributed by atoms with Crippen LogP contribution >= 0.6 is 0 Å². The second kappa shape index (κ2) is 24.9. The molecule has 2 amide bonds. The van der Waals surface area contributed by atoms with Crippen LogP contribution in [-0.2, 0) is 109 Å². The lowest BCUT2D eigenvalue weighted by molar-refractivity contribution is -0.369. The molecule has 4 aliphatic heterocycles. The summed E-state index contributed by atoms with van der Waals surface area (Å²) >= 11 is 0. The van der Waals surface area contributed by atoms with E-state index in [1.165, 1.54) is 24.3 Å². The van der Waals surface area contributed by atoms with Crippen molar-refractivity contribution in [2.45, 2.75) is 154 Å². The highest BCUT2D eigenvalue weighted by Gasteiger charge is 2.62. The average Bonchev–Trinajstić information content (AvgIpc) is 3.53. The molecule has 0 saturated carbocycles. The number of nitrogens with zero attached hydrogens (tertiary/aromatic N) is 4. The van der Waals surface area contributed by atoms with Gasteiger partial charge in [-0.2, -0.15) is 0 Å². The summed E-state index contributed by atoms with van der Waals surface area (Å²) in [6.07, 6.45) is -26.6. The Labute approximate surface area is 414 Å². The zero-order chi connectivity index (χ0) is 54.0. The SMILES string of the molecule is CC(=O)OC[C@H]1O[C@@H](O[C@H]2[C@H](OC(C)=O)[C@@H](OC(C)=O)[C@H](N=[N+]=[N-])O[C@@H]2COC(C)=O)[C@H](OC(C)=O)[C@@H](O[C@@H]2O[C@H](COC(C)=O)[C@@H](OC(C)=O)[C@H](OC(C)=O)[C@H]2N2C(=O)c3ccccc3C2=O)[C@H]1OC(C)=O. The third kappa shape index (κ3) is 14.2. The number of azide groups is 1. The van der Waals surface area contributed by atoms with Crippen LogP contribution in [0, 0.1) is 0 Å². The fourth-order valence-electron chi connectivity index (χ4n) is 8.36. The molecule has 4 aliphatic rings. The van der Waals surface area contributed by atoms with E-state index in [-0.39, 0.29) is 11.1 Å². The third-order valence-corrected chi connectivity index (χ3v) is 10.9. The largest absolute Gasteiger partial charge is 0.463 e. The topological polar surface area (TPSA) is 369 Å². The summed E-state index contributed by atoms with van der Waals surface area (Å²) in [6, 6.07) is 3.50. The number of ether oxygens (including phenoxy) is 14. The number of fused-ring (bicyclic) bond motifs is 1. The molecule has 73 heavy (non-hydrogen) atoms. The number of rotatable bonds is 18. The van der Waals surface area contributed by atoms with Gasteiger partial charge < -0.3 is 66.3 Å². The van der Waals surface area contributed by atoms with Gasteiger partial charge in [-0.25, -0.2) is 0 Å². The lowest BCUT2D eigenvalue weighted by atomic mass is 9.93. The molecule has 3 saturated heterocycles. The summed E-state index contributed by atoms with van der Waals surface area (Å²) in [7, 11) is 0. The maximum Gasteiger partial charge on any atom is 0.303 e. The van der Waals surface area contributed by atoms with Crippen LogP contribution in [-0.4, -0.2) is 182 Å². The monoisotopic (exact) mass is 1040 g/mol. The first-order chi connectivity index (χ1) is 34.4. The molecule has 0 aliphatic carbocycles. The van der Waals surface area contributed by atoms with E-state index in [0.717, 1.165) is 62.3 Å². The highest BCUT2D eigenvalue weighted by atomic mass is 16.8. The first-order valence-corrected chi connectivity index (χ1v) is 22.1. The molecule has 1 aromatic carbocycles. The first kappa shape index (κ1) is 56.6. The Hall–Kier alpha value is -7.30. The van der Waals surface area contributed by atoms with Crippen molar-refractivity contribution < 1.29 is 119 Å². The summed E-state index contributed by atoms with van der Waals surface area (Å²) in [4.78, 5) is 146. The summed E-state index contributed by atoms with van der Waals surface area (Å²) in [6.45, 7) is 6.34. The molecule has 0 aromatic heterocycles. The minimum absolute atomic E-state index is 0.148. The van der Waals surface area contributed by atoms with Crippen LogP contribution in [0.5, 0.6) is 0 Å². The first-order valence-electron chi connectivity index (χ1n) is 22.1. The van der Waals surface area contributed by atoms with Crippen molar-refractivity contribution in [1.82, 2.24) is 4.90 Å². The van der Waals surface area contributed by atoms with Gasteiger partial charge in [-0.05, 0) is 17.7 Å². The molecule has 15 atom stereocenters. The molecule has 29 nitrogen and oxygen atoms in total. The van der Waals surface area contributed by atoms with Crippen molar-refractivity contribution in [2.75, 3.05) is 19.8 Å². The summed E-state index contributed by atoms with van der Waals surface area (Å²) in [5.74, 6) is -11.0. The molecule has 3 fully saturated rings. The van der Waals surface area contributed by atoms with Gasteiger partial charge in [0, 0.05) is 67.2 Å². The van der Waals surface area contributed by atoms with Crippen LogP contribution in [0.15, 0.2) is 29.4 Å². The second-order valence-electron chi connectivity index (χ2n) is 16.4. The van der Waals surface area contributed by atoms with Gasteiger partial charge in [0.25, 0.3) is 11.8 Å². The van der Waals surface area contributed by atoms with Crippen LogP contribution < -0.4 is 0 Å². The number of benzene rings is 1. The van der Waals surface area contributed by atoms with E-state index in [9.17, 15) is 58.3 Å². The summed E-state index contributed by atoms with van der Waals surface area (Å²) in [5.41, 5.74) is 9.15. The smallest absolute Gasteiger partial charge is 0.303 e. The van der Waals surface area contributed by atoms with Crippen molar-refractivity contribution in [3.05, 3.63) is 45.8 Å².